The third-order valence-electron chi connectivity index (χ3n) is 2.61. The third kappa shape index (κ3) is 3.37. The van der Waals surface area contributed by atoms with Crippen LogP contribution in [0.5, 0.6) is 5.75 Å². The van der Waals surface area contributed by atoms with Crippen LogP contribution in [0.2, 0.25) is 0 Å². The minimum atomic E-state index is -1.06. The summed E-state index contributed by atoms with van der Waals surface area (Å²) >= 11 is 0. The number of hydrogen-bond acceptors (Lipinski definition) is 7. The van der Waals surface area contributed by atoms with E-state index in [9.17, 15) is 4.79 Å². The number of aromatic amines is 1. The van der Waals surface area contributed by atoms with Crippen molar-refractivity contribution in [3.63, 3.8) is 0 Å². The van der Waals surface area contributed by atoms with Crippen LogP contribution in [0.1, 0.15) is 23.1 Å². The minimum absolute atomic E-state index is 0.0948. The predicted octanol–water partition coefficient (Wildman–Crippen LogP) is 1.27. The number of allylic oxidation sites excluding steroid dienone is 1. The second-order valence-electron chi connectivity index (χ2n) is 4.00. The molecule has 9 nitrogen and oxygen atoms in total. The molecule has 0 saturated carbocycles. The zero-order chi connectivity index (χ0) is 15.9. The van der Waals surface area contributed by atoms with E-state index in [0.717, 1.165) is 0 Å². The number of H-pyrrole nitrogens is 1. The van der Waals surface area contributed by atoms with Crippen LogP contribution in [0.3, 0.4) is 0 Å². The smallest absolute Gasteiger partial charge is 0.335 e. The van der Waals surface area contributed by atoms with Crippen molar-refractivity contribution in [3.8, 4) is 11.8 Å². The SMILES string of the molecule is CCOc1ccc(C(=O)O)cc1NC=C(C#N)c1nn[nH]n1. The average Bonchev–Trinajstić information content (AvgIpc) is 3.03. The molecule has 1 aromatic carbocycles. The van der Waals surface area contributed by atoms with Crippen molar-refractivity contribution >= 4 is 17.2 Å². The monoisotopic (exact) mass is 300 g/mol. The van der Waals surface area contributed by atoms with Crippen LogP contribution in [0.4, 0.5) is 5.69 Å². The number of benzene rings is 1. The summed E-state index contributed by atoms with van der Waals surface area (Å²) in [5.74, 6) is -0.467. The number of carbonyl (C=O) groups is 1. The first kappa shape index (κ1) is 15.0. The fraction of sp³-hybridized carbons (Fsp3) is 0.154. The molecular formula is C13H12N6O3. The Bertz CT molecular complexity index is 733. The molecule has 0 aliphatic rings. The molecule has 0 radical (unpaired) electrons. The molecule has 0 atom stereocenters. The fourth-order valence-corrected chi connectivity index (χ4v) is 1.63. The van der Waals surface area contributed by atoms with Gasteiger partial charge in [-0.1, -0.05) is 0 Å². The van der Waals surface area contributed by atoms with Gasteiger partial charge < -0.3 is 15.2 Å². The molecular weight excluding hydrogens is 288 g/mol. The molecule has 0 amide bonds. The standard InChI is InChI=1S/C13H12N6O3/c1-2-22-11-4-3-8(13(20)21)5-10(11)15-7-9(6-14)12-16-18-19-17-12/h3-5,7,15H,2H2,1H3,(H,20,21)(H,16,17,18,19). The van der Waals surface area contributed by atoms with Gasteiger partial charge in [-0.15, -0.1) is 10.2 Å². The molecule has 0 fully saturated rings. The normalized spacial score (nSPS) is 10.8. The Morgan fingerprint density at radius 1 is 1.59 bits per heavy atom. The van der Waals surface area contributed by atoms with Crippen molar-refractivity contribution in [1.29, 1.82) is 5.26 Å². The predicted molar refractivity (Wildman–Crippen MR) is 76.0 cm³/mol. The van der Waals surface area contributed by atoms with E-state index in [-0.39, 0.29) is 17.0 Å². The molecule has 0 spiro atoms. The van der Waals surface area contributed by atoms with Crippen LogP contribution in [0.25, 0.3) is 5.57 Å². The first-order valence-electron chi connectivity index (χ1n) is 6.26. The van der Waals surface area contributed by atoms with Gasteiger partial charge in [0, 0.05) is 6.20 Å². The summed E-state index contributed by atoms with van der Waals surface area (Å²) in [7, 11) is 0. The van der Waals surface area contributed by atoms with E-state index in [1.165, 1.54) is 18.3 Å². The average molecular weight is 300 g/mol. The largest absolute Gasteiger partial charge is 0.492 e. The van der Waals surface area contributed by atoms with E-state index in [1.807, 2.05) is 13.0 Å². The van der Waals surface area contributed by atoms with Gasteiger partial charge in [0.2, 0.25) is 5.82 Å². The Labute approximate surface area is 125 Å². The highest BCUT2D eigenvalue weighted by molar-refractivity contribution is 5.89. The van der Waals surface area contributed by atoms with Gasteiger partial charge in [-0.3, -0.25) is 0 Å². The van der Waals surface area contributed by atoms with E-state index in [2.05, 4.69) is 25.9 Å². The Hall–Kier alpha value is -3.41. The first-order chi connectivity index (χ1) is 10.7. The summed E-state index contributed by atoms with van der Waals surface area (Å²) < 4.78 is 5.41. The number of anilines is 1. The molecule has 2 rings (SSSR count). The number of nitrogens with zero attached hydrogens (tertiary/aromatic N) is 4. The number of hydrogen-bond donors (Lipinski definition) is 3. The molecule has 3 N–H and O–H groups in total. The molecule has 9 heteroatoms. The maximum atomic E-state index is 11.0. The van der Waals surface area contributed by atoms with E-state index < -0.39 is 5.97 Å². The topological polar surface area (TPSA) is 137 Å². The van der Waals surface area contributed by atoms with E-state index >= 15 is 0 Å². The number of rotatable bonds is 6. The second-order valence-corrected chi connectivity index (χ2v) is 4.00. The van der Waals surface area contributed by atoms with Crippen LogP contribution < -0.4 is 10.1 Å². The van der Waals surface area contributed by atoms with Gasteiger partial charge in [-0.25, -0.2) is 4.79 Å². The van der Waals surface area contributed by atoms with Crippen molar-refractivity contribution in [2.45, 2.75) is 6.92 Å². The summed E-state index contributed by atoms with van der Waals surface area (Å²) in [5, 5.41) is 34.0. The fourth-order valence-electron chi connectivity index (χ4n) is 1.63. The highest BCUT2D eigenvalue weighted by Crippen LogP contribution is 2.26. The number of ether oxygens (including phenoxy) is 1. The number of aromatic carboxylic acids is 1. The lowest BCUT2D eigenvalue weighted by Gasteiger charge is -2.11. The van der Waals surface area contributed by atoms with E-state index in [4.69, 9.17) is 15.1 Å². The molecule has 0 aliphatic carbocycles. The van der Waals surface area contributed by atoms with Crippen molar-refractivity contribution in [2.75, 3.05) is 11.9 Å². The van der Waals surface area contributed by atoms with Crippen LogP contribution in [0.15, 0.2) is 24.4 Å². The Morgan fingerprint density at radius 2 is 2.41 bits per heavy atom. The summed E-state index contributed by atoms with van der Waals surface area (Å²) in [5.41, 5.74) is 0.646. The second kappa shape index (κ2) is 6.85. The molecule has 0 unspecified atom stereocenters. The number of nitriles is 1. The Kier molecular flexibility index (Phi) is 4.66. The van der Waals surface area contributed by atoms with E-state index in [0.29, 0.717) is 18.0 Å². The van der Waals surface area contributed by atoms with Gasteiger partial charge in [-0.05, 0) is 30.3 Å². The van der Waals surface area contributed by atoms with Crippen molar-refractivity contribution in [2.24, 2.45) is 0 Å². The van der Waals surface area contributed by atoms with Gasteiger partial charge in [0.1, 0.15) is 17.4 Å². The number of carboxylic acids is 1. The maximum Gasteiger partial charge on any atom is 0.335 e. The lowest BCUT2D eigenvalue weighted by Crippen LogP contribution is -2.02. The molecule has 1 heterocycles. The van der Waals surface area contributed by atoms with Crippen molar-refractivity contribution < 1.29 is 14.6 Å². The van der Waals surface area contributed by atoms with Crippen LogP contribution in [-0.4, -0.2) is 38.3 Å². The van der Waals surface area contributed by atoms with Gasteiger partial charge in [0.15, 0.2) is 0 Å². The zero-order valence-electron chi connectivity index (χ0n) is 11.6. The molecule has 0 aliphatic heterocycles. The zero-order valence-corrected chi connectivity index (χ0v) is 11.6. The van der Waals surface area contributed by atoms with Gasteiger partial charge >= 0.3 is 5.97 Å². The van der Waals surface area contributed by atoms with Crippen LogP contribution >= 0.6 is 0 Å². The molecule has 0 bridgehead atoms. The maximum absolute atomic E-state index is 11.0. The summed E-state index contributed by atoms with van der Waals surface area (Å²) in [4.78, 5) is 11.0. The minimum Gasteiger partial charge on any atom is -0.492 e. The lowest BCUT2D eigenvalue weighted by atomic mass is 10.2. The lowest BCUT2D eigenvalue weighted by molar-refractivity contribution is 0.0697. The molecule has 22 heavy (non-hydrogen) atoms. The molecule has 1 aromatic heterocycles. The third-order valence-corrected chi connectivity index (χ3v) is 2.61. The van der Waals surface area contributed by atoms with E-state index in [1.54, 1.807) is 6.07 Å². The summed E-state index contributed by atoms with van der Waals surface area (Å²) in [6.45, 7) is 2.23. The molecule has 0 saturated heterocycles. The van der Waals surface area contributed by atoms with Gasteiger partial charge in [-0.2, -0.15) is 10.5 Å². The number of aromatic nitrogens is 4. The number of nitrogens with one attached hydrogen (secondary N) is 2. The Morgan fingerprint density at radius 3 is 3.00 bits per heavy atom. The summed E-state index contributed by atoms with van der Waals surface area (Å²) in [6, 6.07) is 6.31. The first-order valence-corrected chi connectivity index (χ1v) is 6.26. The summed E-state index contributed by atoms with van der Waals surface area (Å²) in [6.07, 6.45) is 1.36. The van der Waals surface area contributed by atoms with Crippen molar-refractivity contribution in [1.82, 2.24) is 20.6 Å². The Balaban J connectivity index is 2.32. The quantitative estimate of drug-likeness (QED) is 0.678. The van der Waals surface area contributed by atoms with Crippen LogP contribution in [0, 0.1) is 11.3 Å². The number of tetrazole rings is 1. The highest BCUT2D eigenvalue weighted by Gasteiger charge is 2.10. The highest BCUT2D eigenvalue weighted by atomic mass is 16.5. The number of carboxylic acid groups (broad SMARTS) is 1. The molecule has 2 aromatic rings. The van der Waals surface area contributed by atoms with Crippen LogP contribution in [-0.2, 0) is 0 Å². The van der Waals surface area contributed by atoms with Gasteiger partial charge in [0.25, 0.3) is 0 Å². The molecule has 112 valence electrons. The van der Waals surface area contributed by atoms with Crippen molar-refractivity contribution in [3.05, 3.63) is 35.8 Å². The van der Waals surface area contributed by atoms with Gasteiger partial charge in [0.05, 0.1) is 17.9 Å².